The molecule has 3 aliphatic carbocycles. The molecule has 0 spiro atoms. The van der Waals surface area contributed by atoms with Gasteiger partial charge in [-0.1, -0.05) is 17.7 Å². The van der Waals surface area contributed by atoms with Crippen molar-refractivity contribution in [2.24, 2.45) is 11.8 Å². The van der Waals surface area contributed by atoms with Gasteiger partial charge in [-0.2, -0.15) is 0 Å². The molecule has 0 aliphatic heterocycles. The number of fused-ring (bicyclic) bond motifs is 2. The fourth-order valence-electron chi connectivity index (χ4n) is 1.92. The van der Waals surface area contributed by atoms with Crippen LogP contribution in [-0.2, 0) is 0 Å². The predicted octanol–water partition coefficient (Wildman–Crippen LogP) is 2.93. The number of hydrogen-bond donors (Lipinski definition) is 0. The van der Waals surface area contributed by atoms with Gasteiger partial charge in [0.25, 0.3) is 0 Å². The summed E-state index contributed by atoms with van der Waals surface area (Å²) < 4.78 is 0. The van der Waals surface area contributed by atoms with Gasteiger partial charge >= 0.3 is 0 Å². The molecule has 3 aliphatic rings. The van der Waals surface area contributed by atoms with Gasteiger partial charge in [-0.25, -0.2) is 0 Å². The molecular formula is C8H11Cl. The second-order valence-electron chi connectivity index (χ2n) is 3.16. The monoisotopic (exact) mass is 142 g/mol. The van der Waals surface area contributed by atoms with E-state index in [4.69, 9.17) is 11.6 Å². The number of hydrogen-bond acceptors (Lipinski definition) is 0. The van der Waals surface area contributed by atoms with Crippen molar-refractivity contribution in [3.05, 3.63) is 11.1 Å². The Bertz CT molecular complexity index is 141. The van der Waals surface area contributed by atoms with Gasteiger partial charge in [-0.05, 0) is 37.5 Å². The average molecular weight is 143 g/mol. The van der Waals surface area contributed by atoms with Crippen molar-refractivity contribution in [3.8, 4) is 0 Å². The average Bonchev–Trinajstić information content (AvgIpc) is 1.90. The fourth-order valence-corrected chi connectivity index (χ4v) is 2.32. The van der Waals surface area contributed by atoms with E-state index in [2.05, 4.69) is 6.08 Å². The van der Waals surface area contributed by atoms with E-state index in [1.807, 2.05) is 0 Å². The van der Waals surface area contributed by atoms with Gasteiger partial charge < -0.3 is 0 Å². The van der Waals surface area contributed by atoms with Crippen LogP contribution < -0.4 is 0 Å². The van der Waals surface area contributed by atoms with Gasteiger partial charge in [0.1, 0.15) is 0 Å². The maximum absolute atomic E-state index is 5.97. The summed E-state index contributed by atoms with van der Waals surface area (Å²) >= 11 is 5.97. The largest absolute Gasteiger partial charge is 0.0892 e. The van der Waals surface area contributed by atoms with E-state index in [1.54, 1.807) is 0 Å². The Balaban J connectivity index is 2.25. The van der Waals surface area contributed by atoms with Crippen LogP contribution in [0, 0.1) is 11.8 Å². The predicted molar refractivity (Wildman–Crippen MR) is 39.4 cm³/mol. The third kappa shape index (κ3) is 0.898. The molecule has 3 rings (SSSR count). The summed E-state index contributed by atoms with van der Waals surface area (Å²) in [4.78, 5) is 0. The van der Waals surface area contributed by atoms with Gasteiger partial charge in [0.2, 0.25) is 0 Å². The zero-order valence-electron chi connectivity index (χ0n) is 5.44. The highest BCUT2D eigenvalue weighted by atomic mass is 35.5. The zero-order chi connectivity index (χ0) is 6.27. The minimum absolute atomic E-state index is 0.747. The Kier molecular flexibility index (Phi) is 1.30. The highest BCUT2D eigenvalue weighted by Crippen LogP contribution is 2.41. The number of rotatable bonds is 0. The topological polar surface area (TPSA) is 0 Å². The molecule has 0 nitrogen and oxygen atoms in total. The Hall–Kier alpha value is 0.0300. The number of halogens is 1. The molecule has 9 heavy (non-hydrogen) atoms. The van der Waals surface area contributed by atoms with E-state index < -0.39 is 0 Å². The standard InChI is InChI=1S/C8H11Cl/c9-8-5-6-1-3-7(8)4-2-6/h5-7H,1-4H2. The quantitative estimate of drug-likeness (QED) is 0.488. The van der Waals surface area contributed by atoms with E-state index in [1.165, 1.54) is 25.7 Å². The lowest BCUT2D eigenvalue weighted by Crippen LogP contribution is -2.19. The molecular weight excluding hydrogens is 132 g/mol. The maximum Gasteiger partial charge on any atom is 0.0174 e. The van der Waals surface area contributed by atoms with Gasteiger partial charge in [0, 0.05) is 5.03 Å². The van der Waals surface area contributed by atoms with Crippen LogP contribution in [0.3, 0.4) is 0 Å². The van der Waals surface area contributed by atoms with Crippen LogP contribution in [0.25, 0.3) is 0 Å². The van der Waals surface area contributed by atoms with Crippen LogP contribution in [-0.4, -0.2) is 0 Å². The molecule has 1 saturated carbocycles. The van der Waals surface area contributed by atoms with Crippen LogP contribution in [0.5, 0.6) is 0 Å². The van der Waals surface area contributed by atoms with Gasteiger partial charge in [0.15, 0.2) is 0 Å². The van der Waals surface area contributed by atoms with E-state index in [9.17, 15) is 0 Å². The second-order valence-corrected chi connectivity index (χ2v) is 3.60. The lowest BCUT2D eigenvalue weighted by molar-refractivity contribution is 0.323. The Labute approximate surface area is 60.9 Å². The molecule has 1 heteroatoms. The van der Waals surface area contributed by atoms with E-state index >= 15 is 0 Å². The Morgan fingerprint density at radius 3 is 2.11 bits per heavy atom. The molecule has 0 saturated heterocycles. The molecule has 0 radical (unpaired) electrons. The lowest BCUT2D eigenvalue weighted by Gasteiger charge is -2.32. The van der Waals surface area contributed by atoms with Crippen LogP contribution in [0.4, 0.5) is 0 Å². The van der Waals surface area contributed by atoms with Gasteiger partial charge in [0.05, 0.1) is 0 Å². The van der Waals surface area contributed by atoms with Crippen molar-refractivity contribution in [2.75, 3.05) is 0 Å². The molecule has 0 atom stereocenters. The molecule has 0 amide bonds. The fraction of sp³-hybridized carbons (Fsp3) is 0.750. The van der Waals surface area contributed by atoms with Crippen molar-refractivity contribution < 1.29 is 0 Å². The van der Waals surface area contributed by atoms with Crippen LogP contribution >= 0.6 is 11.6 Å². The van der Waals surface area contributed by atoms with Crippen molar-refractivity contribution in [1.82, 2.24) is 0 Å². The zero-order valence-corrected chi connectivity index (χ0v) is 6.19. The van der Waals surface area contributed by atoms with E-state index in [0.717, 1.165) is 16.9 Å². The first-order valence-electron chi connectivity index (χ1n) is 3.73. The second kappa shape index (κ2) is 2.02. The molecule has 0 aromatic rings. The van der Waals surface area contributed by atoms with Crippen molar-refractivity contribution in [3.63, 3.8) is 0 Å². The van der Waals surface area contributed by atoms with Crippen molar-refractivity contribution in [1.29, 1.82) is 0 Å². The van der Waals surface area contributed by atoms with Crippen molar-refractivity contribution in [2.45, 2.75) is 25.7 Å². The summed E-state index contributed by atoms with van der Waals surface area (Å²) in [6.07, 6.45) is 7.74. The van der Waals surface area contributed by atoms with E-state index in [-0.39, 0.29) is 0 Å². The minimum Gasteiger partial charge on any atom is -0.0892 e. The van der Waals surface area contributed by atoms with Gasteiger partial charge in [-0.15, -0.1) is 0 Å². The molecule has 0 aromatic carbocycles. The summed E-state index contributed by atoms with van der Waals surface area (Å²) in [6, 6.07) is 0. The minimum atomic E-state index is 0.747. The van der Waals surface area contributed by atoms with Crippen LogP contribution in [0.2, 0.25) is 0 Å². The van der Waals surface area contributed by atoms with Crippen LogP contribution in [0.15, 0.2) is 11.1 Å². The first kappa shape index (κ1) is 5.79. The smallest absolute Gasteiger partial charge is 0.0174 e. The molecule has 0 unspecified atom stereocenters. The summed E-state index contributed by atoms with van der Waals surface area (Å²) in [7, 11) is 0. The molecule has 2 bridgehead atoms. The van der Waals surface area contributed by atoms with Gasteiger partial charge in [-0.3, -0.25) is 0 Å². The molecule has 0 heterocycles. The summed E-state index contributed by atoms with van der Waals surface area (Å²) in [6.45, 7) is 0. The molecule has 0 N–H and O–H groups in total. The summed E-state index contributed by atoms with van der Waals surface area (Å²) in [5.74, 6) is 1.58. The van der Waals surface area contributed by atoms with Crippen molar-refractivity contribution >= 4 is 11.6 Å². The third-order valence-electron chi connectivity index (χ3n) is 2.56. The lowest BCUT2D eigenvalue weighted by atomic mass is 9.76. The molecule has 50 valence electrons. The normalized spacial score (nSPS) is 40.8. The van der Waals surface area contributed by atoms with Crippen LogP contribution in [0.1, 0.15) is 25.7 Å². The maximum atomic E-state index is 5.97. The first-order valence-corrected chi connectivity index (χ1v) is 4.11. The Morgan fingerprint density at radius 1 is 1.22 bits per heavy atom. The Morgan fingerprint density at radius 2 is 1.89 bits per heavy atom. The highest BCUT2D eigenvalue weighted by molar-refractivity contribution is 6.30. The SMILES string of the molecule is ClC1=CC2CCC1CC2. The van der Waals surface area contributed by atoms with E-state index in [0.29, 0.717) is 0 Å². The first-order chi connectivity index (χ1) is 4.36. The third-order valence-corrected chi connectivity index (χ3v) is 2.99. The molecule has 1 fully saturated rings. The summed E-state index contributed by atoms with van der Waals surface area (Å²) in [5.41, 5.74) is 0. The summed E-state index contributed by atoms with van der Waals surface area (Å²) in [5, 5.41) is 1.15. The molecule has 0 aromatic heterocycles. The highest BCUT2D eigenvalue weighted by Gasteiger charge is 2.27. The number of allylic oxidation sites excluding steroid dienone is 2.